The number of aliphatic hydroxyl groups excluding tert-OH is 1. The van der Waals surface area contributed by atoms with Gasteiger partial charge in [0.15, 0.2) is 0 Å². The van der Waals surface area contributed by atoms with Crippen LogP contribution in [0.1, 0.15) is 33.9 Å². The molecule has 3 aromatic carbocycles. The maximum Gasteiger partial charge on any atom is 0.295 e. The Kier molecular flexibility index (Phi) is 5.61. The van der Waals surface area contributed by atoms with Crippen molar-refractivity contribution in [2.24, 2.45) is 0 Å². The summed E-state index contributed by atoms with van der Waals surface area (Å²) in [6.45, 7) is 3.84. The van der Waals surface area contributed by atoms with E-state index in [2.05, 4.69) is 0 Å². The fourth-order valence-corrected chi connectivity index (χ4v) is 3.87. The Bertz CT molecular complexity index is 1230. The summed E-state index contributed by atoms with van der Waals surface area (Å²) in [4.78, 5) is 27.3. The molecule has 0 bridgehead atoms. The number of nitrogens with zero attached hydrogens (tertiary/aromatic N) is 1. The monoisotopic (exact) mass is 433 g/mol. The van der Waals surface area contributed by atoms with E-state index in [4.69, 9.17) is 0 Å². The molecule has 3 aromatic rings. The zero-order chi connectivity index (χ0) is 23.0. The van der Waals surface area contributed by atoms with Crippen molar-refractivity contribution < 1.29 is 23.5 Å². The Labute approximate surface area is 184 Å². The summed E-state index contributed by atoms with van der Waals surface area (Å²) in [6.07, 6.45) is 0. The van der Waals surface area contributed by atoms with E-state index in [1.807, 2.05) is 19.9 Å². The quantitative estimate of drug-likeness (QED) is 0.349. The second-order valence-corrected chi connectivity index (χ2v) is 7.90. The molecule has 1 aliphatic heterocycles. The number of aryl methyl sites for hydroxylation is 2. The number of amides is 1. The Morgan fingerprint density at radius 1 is 0.875 bits per heavy atom. The van der Waals surface area contributed by atoms with Crippen LogP contribution in [-0.4, -0.2) is 21.7 Å². The standard InChI is InChI=1S/C26H21F2NO3/c1-15-3-6-19(13-16(15)2)24(30)22-23(18-7-11-21(28)12-8-18)29(26(32)25(22)31)14-17-4-9-20(27)10-5-17/h3-13,23,30H,14H2,1-2H3/b24-22-. The largest absolute Gasteiger partial charge is 0.507 e. The maximum absolute atomic E-state index is 13.6. The van der Waals surface area contributed by atoms with Gasteiger partial charge in [0.25, 0.3) is 11.7 Å². The van der Waals surface area contributed by atoms with E-state index >= 15 is 0 Å². The number of Topliss-reactive ketones (excluding diaryl/α,β-unsaturated/α-hetero) is 1. The summed E-state index contributed by atoms with van der Waals surface area (Å²) >= 11 is 0. The molecule has 32 heavy (non-hydrogen) atoms. The lowest BCUT2D eigenvalue weighted by Crippen LogP contribution is -2.29. The molecule has 1 aliphatic rings. The van der Waals surface area contributed by atoms with Crippen molar-refractivity contribution in [3.8, 4) is 0 Å². The molecule has 6 heteroatoms. The fraction of sp³-hybridized carbons (Fsp3) is 0.154. The number of hydrogen-bond acceptors (Lipinski definition) is 3. The second-order valence-electron chi connectivity index (χ2n) is 7.90. The summed E-state index contributed by atoms with van der Waals surface area (Å²) in [7, 11) is 0. The highest BCUT2D eigenvalue weighted by Gasteiger charge is 2.46. The number of hydrogen-bond donors (Lipinski definition) is 1. The average Bonchev–Trinajstić information content (AvgIpc) is 3.02. The SMILES string of the molecule is Cc1ccc(/C(O)=C2/C(=O)C(=O)N(Cc3ccc(F)cc3)C2c2ccc(F)cc2)cc1C. The number of carbonyl (C=O) groups is 2. The summed E-state index contributed by atoms with van der Waals surface area (Å²) in [6, 6.07) is 15.4. The lowest BCUT2D eigenvalue weighted by molar-refractivity contribution is -0.140. The highest BCUT2D eigenvalue weighted by molar-refractivity contribution is 6.46. The molecule has 0 radical (unpaired) electrons. The molecule has 1 unspecified atom stereocenters. The van der Waals surface area contributed by atoms with Gasteiger partial charge in [-0.2, -0.15) is 0 Å². The molecular weight excluding hydrogens is 412 g/mol. The smallest absolute Gasteiger partial charge is 0.295 e. The number of rotatable bonds is 4. The first-order valence-electron chi connectivity index (χ1n) is 10.1. The molecule has 1 saturated heterocycles. The predicted molar refractivity (Wildman–Crippen MR) is 117 cm³/mol. The first-order chi connectivity index (χ1) is 15.3. The first-order valence-corrected chi connectivity index (χ1v) is 10.1. The van der Waals surface area contributed by atoms with Crippen LogP contribution in [-0.2, 0) is 16.1 Å². The summed E-state index contributed by atoms with van der Waals surface area (Å²) < 4.78 is 26.9. The number of likely N-dealkylation sites (tertiary alicyclic amines) is 1. The predicted octanol–water partition coefficient (Wildman–Crippen LogP) is 5.20. The minimum Gasteiger partial charge on any atom is -0.507 e. The Hall–Kier alpha value is -3.80. The van der Waals surface area contributed by atoms with Gasteiger partial charge in [0.2, 0.25) is 0 Å². The first kappa shape index (κ1) is 21.4. The van der Waals surface area contributed by atoms with E-state index in [1.165, 1.54) is 53.4 Å². The summed E-state index contributed by atoms with van der Waals surface area (Å²) in [5.41, 5.74) is 3.40. The Balaban J connectivity index is 1.86. The van der Waals surface area contributed by atoms with Gasteiger partial charge in [-0.15, -0.1) is 0 Å². The van der Waals surface area contributed by atoms with E-state index < -0.39 is 29.4 Å². The molecule has 1 N–H and O–H groups in total. The molecule has 1 atom stereocenters. The number of carbonyl (C=O) groups excluding carboxylic acids is 2. The van der Waals surface area contributed by atoms with Gasteiger partial charge < -0.3 is 10.0 Å². The minimum absolute atomic E-state index is 0.0244. The van der Waals surface area contributed by atoms with Gasteiger partial charge in [-0.05, 0) is 66.4 Å². The zero-order valence-corrected chi connectivity index (χ0v) is 17.6. The molecule has 1 amide bonds. The fourth-order valence-electron chi connectivity index (χ4n) is 3.87. The number of ketones is 1. The number of aliphatic hydroxyl groups is 1. The van der Waals surface area contributed by atoms with Crippen LogP contribution in [0.5, 0.6) is 0 Å². The third kappa shape index (κ3) is 3.91. The Morgan fingerprint density at radius 3 is 2.06 bits per heavy atom. The van der Waals surface area contributed by atoms with Gasteiger partial charge in [-0.3, -0.25) is 9.59 Å². The summed E-state index contributed by atoms with van der Waals surface area (Å²) in [5, 5.41) is 11.1. The molecule has 4 nitrogen and oxygen atoms in total. The molecule has 4 rings (SSSR count). The maximum atomic E-state index is 13.6. The van der Waals surface area contributed by atoms with Gasteiger partial charge in [0.1, 0.15) is 17.4 Å². The van der Waals surface area contributed by atoms with E-state index in [-0.39, 0.29) is 17.9 Å². The van der Waals surface area contributed by atoms with Crippen molar-refractivity contribution in [3.05, 3.63) is 112 Å². The van der Waals surface area contributed by atoms with Gasteiger partial charge in [0, 0.05) is 12.1 Å². The van der Waals surface area contributed by atoms with Crippen LogP contribution in [0, 0.1) is 25.5 Å². The van der Waals surface area contributed by atoms with Crippen LogP contribution in [0.3, 0.4) is 0 Å². The minimum atomic E-state index is -0.915. The van der Waals surface area contributed by atoms with Crippen molar-refractivity contribution in [2.75, 3.05) is 0 Å². The van der Waals surface area contributed by atoms with Crippen molar-refractivity contribution in [1.29, 1.82) is 0 Å². The van der Waals surface area contributed by atoms with Crippen LogP contribution in [0.4, 0.5) is 8.78 Å². The van der Waals surface area contributed by atoms with Crippen LogP contribution in [0.25, 0.3) is 5.76 Å². The lowest BCUT2D eigenvalue weighted by atomic mass is 9.94. The van der Waals surface area contributed by atoms with Crippen LogP contribution < -0.4 is 0 Å². The van der Waals surface area contributed by atoms with E-state index in [1.54, 1.807) is 12.1 Å². The highest BCUT2D eigenvalue weighted by Crippen LogP contribution is 2.40. The van der Waals surface area contributed by atoms with E-state index in [9.17, 15) is 23.5 Å². The van der Waals surface area contributed by atoms with E-state index in [0.29, 0.717) is 16.7 Å². The Morgan fingerprint density at radius 2 is 1.47 bits per heavy atom. The average molecular weight is 433 g/mol. The topological polar surface area (TPSA) is 57.6 Å². The van der Waals surface area contributed by atoms with Crippen LogP contribution >= 0.6 is 0 Å². The molecule has 162 valence electrons. The van der Waals surface area contributed by atoms with Crippen molar-refractivity contribution in [3.63, 3.8) is 0 Å². The van der Waals surface area contributed by atoms with E-state index in [0.717, 1.165) is 11.1 Å². The number of halogens is 2. The van der Waals surface area contributed by atoms with Gasteiger partial charge in [-0.1, -0.05) is 36.4 Å². The highest BCUT2D eigenvalue weighted by atomic mass is 19.1. The molecule has 1 fully saturated rings. The lowest BCUT2D eigenvalue weighted by Gasteiger charge is -2.25. The van der Waals surface area contributed by atoms with Crippen molar-refractivity contribution in [2.45, 2.75) is 26.4 Å². The normalized spacial score (nSPS) is 17.8. The number of benzene rings is 3. The molecular formula is C26H21F2NO3. The molecule has 1 heterocycles. The molecule has 0 saturated carbocycles. The second kappa shape index (κ2) is 8.38. The van der Waals surface area contributed by atoms with Crippen molar-refractivity contribution >= 4 is 17.4 Å². The summed E-state index contributed by atoms with van der Waals surface area (Å²) in [5.74, 6) is -2.77. The molecule has 0 spiro atoms. The molecule has 0 aromatic heterocycles. The van der Waals surface area contributed by atoms with Crippen LogP contribution in [0.15, 0.2) is 72.3 Å². The van der Waals surface area contributed by atoms with Gasteiger partial charge >= 0.3 is 0 Å². The van der Waals surface area contributed by atoms with Crippen LogP contribution in [0.2, 0.25) is 0 Å². The van der Waals surface area contributed by atoms with Gasteiger partial charge in [-0.25, -0.2) is 8.78 Å². The van der Waals surface area contributed by atoms with Gasteiger partial charge in [0.05, 0.1) is 11.6 Å². The zero-order valence-electron chi connectivity index (χ0n) is 17.6. The molecule has 0 aliphatic carbocycles. The van der Waals surface area contributed by atoms with Crippen molar-refractivity contribution in [1.82, 2.24) is 4.90 Å². The third-order valence-corrected chi connectivity index (χ3v) is 5.77. The third-order valence-electron chi connectivity index (χ3n) is 5.77.